The topological polar surface area (TPSA) is 89.5 Å². The molecule has 0 saturated carbocycles. The van der Waals surface area contributed by atoms with Gasteiger partial charge in [0.25, 0.3) is 0 Å². The molecule has 1 aromatic heterocycles. The van der Waals surface area contributed by atoms with E-state index < -0.39 is 0 Å². The van der Waals surface area contributed by atoms with Gasteiger partial charge in [-0.15, -0.1) is 0 Å². The van der Waals surface area contributed by atoms with Crippen molar-refractivity contribution in [3.8, 4) is 33.2 Å². The van der Waals surface area contributed by atoms with Crippen LogP contribution < -0.4 is 20.1 Å². The van der Waals surface area contributed by atoms with Crippen LogP contribution in [0.4, 0.5) is 10.8 Å². The molecule has 0 aliphatic rings. The number of methoxy groups -OCH3 is 2. The Labute approximate surface area is 207 Å². The van der Waals surface area contributed by atoms with Gasteiger partial charge in [0.05, 0.1) is 31.2 Å². The van der Waals surface area contributed by atoms with Crippen LogP contribution in [-0.2, 0) is 16.0 Å². The Morgan fingerprint density at radius 3 is 1.91 bits per heavy atom. The predicted octanol–water partition coefficient (Wildman–Crippen LogP) is 5.63. The van der Waals surface area contributed by atoms with Crippen LogP contribution in [0.15, 0.2) is 72.8 Å². The van der Waals surface area contributed by atoms with Gasteiger partial charge in [0.15, 0.2) is 5.13 Å². The van der Waals surface area contributed by atoms with Crippen molar-refractivity contribution < 1.29 is 19.1 Å². The molecule has 2 amide bonds. The number of anilines is 2. The van der Waals surface area contributed by atoms with E-state index >= 15 is 0 Å². The third-order valence-corrected chi connectivity index (χ3v) is 6.25. The van der Waals surface area contributed by atoms with E-state index in [2.05, 4.69) is 10.6 Å². The van der Waals surface area contributed by atoms with Gasteiger partial charge in [-0.2, -0.15) is 0 Å². The molecule has 0 aliphatic heterocycles. The number of benzene rings is 3. The molecule has 2 N–H and O–H groups in total. The van der Waals surface area contributed by atoms with E-state index in [0.717, 1.165) is 38.8 Å². The Hall–Kier alpha value is -4.17. The second-order valence-electron chi connectivity index (χ2n) is 7.76. The van der Waals surface area contributed by atoms with Gasteiger partial charge in [0.2, 0.25) is 11.8 Å². The molecule has 178 valence electrons. The molecule has 0 fully saturated rings. The molecule has 7 nitrogen and oxygen atoms in total. The van der Waals surface area contributed by atoms with Crippen LogP contribution in [0.3, 0.4) is 0 Å². The molecular formula is C27H25N3O4S. The van der Waals surface area contributed by atoms with Crippen molar-refractivity contribution in [2.45, 2.75) is 13.3 Å². The van der Waals surface area contributed by atoms with Gasteiger partial charge < -0.3 is 20.1 Å². The number of aromatic nitrogens is 1. The molecule has 4 rings (SSSR count). The highest BCUT2D eigenvalue weighted by Gasteiger charge is 2.17. The monoisotopic (exact) mass is 487 g/mol. The number of carbonyl (C=O) groups excluding carboxylic acids is 2. The lowest BCUT2D eigenvalue weighted by molar-refractivity contribution is -0.116. The summed E-state index contributed by atoms with van der Waals surface area (Å²) in [6.45, 7) is 1.45. The Morgan fingerprint density at radius 2 is 1.37 bits per heavy atom. The number of carbonyl (C=O) groups is 2. The summed E-state index contributed by atoms with van der Waals surface area (Å²) in [5.74, 6) is 1.21. The predicted molar refractivity (Wildman–Crippen MR) is 139 cm³/mol. The first-order chi connectivity index (χ1) is 16.9. The van der Waals surface area contributed by atoms with Gasteiger partial charge in [-0.05, 0) is 71.8 Å². The minimum Gasteiger partial charge on any atom is -0.497 e. The van der Waals surface area contributed by atoms with Crippen molar-refractivity contribution >= 4 is 34.0 Å². The fraction of sp³-hybridized carbons (Fsp3) is 0.148. The normalized spacial score (nSPS) is 10.5. The molecule has 0 atom stereocenters. The second kappa shape index (κ2) is 10.8. The van der Waals surface area contributed by atoms with E-state index in [0.29, 0.717) is 10.8 Å². The molecule has 8 heteroatoms. The lowest BCUT2D eigenvalue weighted by Crippen LogP contribution is -2.14. The number of nitrogens with one attached hydrogen (secondary N) is 2. The van der Waals surface area contributed by atoms with Gasteiger partial charge >= 0.3 is 0 Å². The van der Waals surface area contributed by atoms with E-state index in [9.17, 15) is 9.59 Å². The molecule has 0 radical (unpaired) electrons. The highest BCUT2D eigenvalue weighted by Crippen LogP contribution is 2.40. The van der Waals surface area contributed by atoms with Crippen LogP contribution in [0.25, 0.3) is 21.7 Å². The summed E-state index contributed by atoms with van der Waals surface area (Å²) >= 11 is 1.42. The average Bonchev–Trinajstić information content (AvgIpc) is 3.28. The zero-order chi connectivity index (χ0) is 24.8. The highest BCUT2D eigenvalue weighted by atomic mass is 32.1. The van der Waals surface area contributed by atoms with Crippen LogP contribution in [0.1, 0.15) is 12.5 Å². The van der Waals surface area contributed by atoms with Crippen molar-refractivity contribution in [1.29, 1.82) is 0 Å². The molecule has 0 spiro atoms. The number of hydrogen-bond acceptors (Lipinski definition) is 6. The van der Waals surface area contributed by atoms with Gasteiger partial charge in [-0.25, -0.2) is 4.98 Å². The van der Waals surface area contributed by atoms with Crippen molar-refractivity contribution in [2.75, 3.05) is 24.9 Å². The van der Waals surface area contributed by atoms with Crippen molar-refractivity contribution in [3.63, 3.8) is 0 Å². The number of nitrogens with zero attached hydrogens (tertiary/aromatic N) is 1. The summed E-state index contributed by atoms with van der Waals surface area (Å²) in [5.41, 5.74) is 4.19. The summed E-state index contributed by atoms with van der Waals surface area (Å²) in [5, 5.41) is 6.16. The standard InChI is InChI=1S/C27H25N3O4S/c1-17(31)28-21-10-4-18(5-11-21)16-24(32)29-27-30-25(19-6-12-22(33-2)13-7-19)26(35-27)20-8-14-23(34-3)15-9-20/h4-15H,16H2,1-3H3,(H,28,31)(H,29,30,32). The molecule has 0 bridgehead atoms. The largest absolute Gasteiger partial charge is 0.497 e. The summed E-state index contributed by atoms with van der Waals surface area (Å²) in [6, 6.07) is 22.6. The van der Waals surface area contributed by atoms with Crippen LogP contribution in [0.2, 0.25) is 0 Å². The van der Waals surface area contributed by atoms with Crippen molar-refractivity contribution in [3.05, 3.63) is 78.4 Å². The molecule has 1 heterocycles. The Balaban J connectivity index is 1.57. The van der Waals surface area contributed by atoms with Crippen LogP contribution in [0, 0.1) is 0 Å². The summed E-state index contributed by atoms with van der Waals surface area (Å²) in [6.07, 6.45) is 0.190. The number of amides is 2. The molecule has 4 aromatic rings. The summed E-state index contributed by atoms with van der Waals surface area (Å²) < 4.78 is 10.6. The number of hydrogen-bond donors (Lipinski definition) is 2. The molecule has 35 heavy (non-hydrogen) atoms. The van der Waals surface area contributed by atoms with Gasteiger partial charge in [-0.3, -0.25) is 9.59 Å². The van der Waals surface area contributed by atoms with E-state index in [4.69, 9.17) is 14.5 Å². The van der Waals surface area contributed by atoms with Gasteiger partial charge in [0, 0.05) is 18.2 Å². The first kappa shape index (κ1) is 24.0. The zero-order valence-corrected chi connectivity index (χ0v) is 20.4. The zero-order valence-electron chi connectivity index (χ0n) is 19.6. The third-order valence-electron chi connectivity index (χ3n) is 5.23. The van der Waals surface area contributed by atoms with Gasteiger partial charge in [-0.1, -0.05) is 23.5 Å². The second-order valence-corrected chi connectivity index (χ2v) is 8.76. The fourth-order valence-corrected chi connectivity index (χ4v) is 4.52. The molecular weight excluding hydrogens is 462 g/mol. The Kier molecular flexibility index (Phi) is 7.42. The average molecular weight is 488 g/mol. The molecule has 0 unspecified atom stereocenters. The minimum atomic E-state index is -0.173. The van der Waals surface area contributed by atoms with E-state index in [1.165, 1.54) is 18.3 Å². The van der Waals surface area contributed by atoms with Crippen LogP contribution >= 0.6 is 11.3 Å². The number of thiazole rings is 1. The van der Waals surface area contributed by atoms with Crippen LogP contribution in [-0.4, -0.2) is 31.0 Å². The third kappa shape index (κ3) is 6.04. The van der Waals surface area contributed by atoms with E-state index in [1.807, 2.05) is 60.7 Å². The smallest absolute Gasteiger partial charge is 0.230 e. The molecule has 0 saturated heterocycles. The van der Waals surface area contributed by atoms with E-state index in [-0.39, 0.29) is 18.2 Å². The minimum absolute atomic E-state index is 0.139. The summed E-state index contributed by atoms with van der Waals surface area (Å²) in [7, 11) is 3.26. The highest BCUT2D eigenvalue weighted by molar-refractivity contribution is 7.19. The maximum atomic E-state index is 12.8. The Bertz CT molecular complexity index is 1250. The quantitative estimate of drug-likeness (QED) is 0.336. The van der Waals surface area contributed by atoms with Gasteiger partial charge in [0.1, 0.15) is 11.5 Å². The SMILES string of the molecule is COc1ccc(-c2nc(NC(=O)Cc3ccc(NC(C)=O)cc3)sc2-c2ccc(OC)cc2)cc1. The summed E-state index contributed by atoms with van der Waals surface area (Å²) in [4.78, 5) is 29.6. The van der Waals surface area contributed by atoms with Crippen LogP contribution in [0.5, 0.6) is 11.5 Å². The lowest BCUT2D eigenvalue weighted by atomic mass is 10.1. The maximum absolute atomic E-state index is 12.8. The fourth-order valence-electron chi connectivity index (χ4n) is 3.51. The van der Waals surface area contributed by atoms with Crippen molar-refractivity contribution in [2.24, 2.45) is 0 Å². The molecule has 3 aromatic carbocycles. The molecule has 0 aliphatic carbocycles. The lowest BCUT2D eigenvalue weighted by Gasteiger charge is -2.05. The number of rotatable bonds is 8. The first-order valence-electron chi connectivity index (χ1n) is 10.9. The Morgan fingerprint density at radius 1 is 0.800 bits per heavy atom. The van der Waals surface area contributed by atoms with Crippen molar-refractivity contribution in [1.82, 2.24) is 4.98 Å². The van der Waals surface area contributed by atoms with E-state index in [1.54, 1.807) is 26.4 Å². The first-order valence-corrected chi connectivity index (χ1v) is 11.7. The number of ether oxygens (including phenoxy) is 2. The maximum Gasteiger partial charge on any atom is 0.230 e.